The second-order valence-electron chi connectivity index (χ2n) is 6.91. The minimum atomic E-state index is -0.0671. The molecule has 0 unspecified atom stereocenters. The number of nitrogens with zero attached hydrogens (tertiary/aromatic N) is 6. The maximum atomic E-state index is 11.8. The average Bonchev–Trinajstić information content (AvgIpc) is 3.19. The van der Waals surface area contributed by atoms with Crippen LogP contribution in [-0.4, -0.2) is 50.6 Å². The number of hydrogen-bond donors (Lipinski definition) is 0. The monoisotopic (exact) mass is 364 g/mol. The number of hydrogen-bond acceptors (Lipinski definition) is 5. The third-order valence-electron chi connectivity index (χ3n) is 5.09. The van der Waals surface area contributed by atoms with Crippen LogP contribution in [0.2, 0.25) is 0 Å². The first kappa shape index (κ1) is 17.5. The summed E-state index contributed by atoms with van der Waals surface area (Å²) in [7, 11) is 1.67. The van der Waals surface area contributed by atoms with E-state index in [-0.39, 0.29) is 5.56 Å². The van der Waals surface area contributed by atoms with Crippen molar-refractivity contribution in [3.05, 3.63) is 76.5 Å². The summed E-state index contributed by atoms with van der Waals surface area (Å²) in [4.78, 5) is 16.5. The first-order valence-corrected chi connectivity index (χ1v) is 9.24. The summed E-state index contributed by atoms with van der Waals surface area (Å²) in [6, 6.07) is 12.2. The zero-order valence-electron chi connectivity index (χ0n) is 15.5. The predicted molar refractivity (Wildman–Crippen MR) is 105 cm³/mol. The Balaban J connectivity index is 1.39. The second-order valence-corrected chi connectivity index (χ2v) is 6.91. The van der Waals surface area contributed by atoms with Crippen LogP contribution in [-0.2, 0) is 20.1 Å². The molecule has 1 aromatic carbocycles. The first-order chi connectivity index (χ1) is 13.2. The molecule has 0 aliphatic carbocycles. The highest BCUT2D eigenvalue weighted by Crippen LogP contribution is 2.17. The number of aryl methyl sites for hydroxylation is 1. The summed E-state index contributed by atoms with van der Waals surface area (Å²) >= 11 is 0. The van der Waals surface area contributed by atoms with Crippen molar-refractivity contribution in [1.29, 1.82) is 0 Å². The van der Waals surface area contributed by atoms with E-state index in [1.165, 1.54) is 15.8 Å². The highest BCUT2D eigenvalue weighted by Gasteiger charge is 2.19. The normalized spacial score (nSPS) is 15.2. The van der Waals surface area contributed by atoms with Gasteiger partial charge in [0.05, 0.1) is 18.4 Å². The molecule has 0 saturated carbocycles. The van der Waals surface area contributed by atoms with Crippen LogP contribution in [0.25, 0.3) is 0 Å². The van der Waals surface area contributed by atoms with Crippen LogP contribution < -0.4 is 10.5 Å². The van der Waals surface area contributed by atoms with Crippen molar-refractivity contribution >= 4 is 5.69 Å². The van der Waals surface area contributed by atoms with Crippen molar-refractivity contribution in [2.75, 3.05) is 31.1 Å². The van der Waals surface area contributed by atoms with Gasteiger partial charge in [-0.05, 0) is 17.2 Å². The van der Waals surface area contributed by atoms with Gasteiger partial charge in [-0.25, -0.2) is 4.68 Å². The largest absolute Gasteiger partial charge is 0.368 e. The van der Waals surface area contributed by atoms with Gasteiger partial charge in [0, 0.05) is 58.2 Å². The molecule has 7 nitrogen and oxygen atoms in total. The highest BCUT2D eigenvalue weighted by molar-refractivity contribution is 5.43. The third kappa shape index (κ3) is 4.09. The van der Waals surface area contributed by atoms with Gasteiger partial charge in [0.25, 0.3) is 5.56 Å². The topological polar surface area (TPSA) is 59.2 Å². The minimum absolute atomic E-state index is 0.0671. The lowest BCUT2D eigenvalue weighted by atomic mass is 10.1. The van der Waals surface area contributed by atoms with E-state index in [4.69, 9.17) is 0 Å². The fraction of sp³-hybridized carbons (Fsp3) is 0.350. The van der Waals surface area contributed by atoms with Crippen LogP contribution >= 0.6 is 0 Å². The maximum absolute atomic E-state index is 11.8. The Labute approximate surface area is 158 Å². The SMILES string of the molecule is Cn1ncc(N2CCN(Cc3ccccc3Cn3cccn3)CC2)cc1=O. The van der Waals surface area contributed by atoms with E-state index in [0.29, 0.717) is 0 Å². The second kappa shape index (κ2) is 7.75. The number of benzene rings is 1. The van der Waals surface area contributed by atoms with E-state index in [1.807, 2.05) is 23.1 Å². The van der Waals surface area contributed by atoms with Gasteiger partial charge in [0.1, 0.15) is 0 Å². The number of anilines is 1. The van der Waals surface area contributed by atoms with Crippen molar-refractivity contribution in [3.8, 4) is 0 Å². The lowest BCUT2D eigenvalue weighted by molar-refractivity contribution is 0.249. The number of piperazine rings is 1. The lowest BCUT2D eigenvalue weighted by Crippen LogP contribution is -2.46. The molecule has 0 N–H and O–H groups in total. The van der Waals surface area contributed by atoms with Gasteiger partial charge in [0.15, 0.2) is 0 Å². The van der Waals surface area contributed by atoms with Crippen molar-refractivity contribution in [2.45, 2.75) is 13.1 Å². The summed E-state index contributed by atoms with van der Waals surface area (Å²) in [6.07, 6.45) is 5.58. The van der Waals surface area contributed by atoms with Gasteiger partial charge in [-0.1, -0.05) is 24.3 Å². The van der Waals surface area contributed by atoms with Crippen LogP contribution in [0.4, 0.5) is 5.69 Å². The summed E-state index contributed by atoms with van der Waals surface area (Å²) < 4.78 is 3.32. The standard InChI is InChI=1S/C20H24N6O/c1-23-20(27)13-19(14-22-23)25-11-9-24(10-12-25)15-17-5-2-3-6-18(17)16-26-8-4-7-21-26/h2-8,13-14H,9-12,15-16H2,1H3. The fourth-order valence-electron chi connectivity index (χ4n) is 3.47. The van der Waals surface area contributed by atoms with Crippen LogP contribution in [0.5, 0.6) is 0 Å². The highest BCUT2D eigenvalue weighted by atomic mass is 16.1. The molecule has 1 fully saturated rings. The number of rotatable bonds is 5. The lowest BCUT2D eigenvalue weighted by Gasteiger charge is -2.36. The Hall–Kier alpha value is -2.93. The van der Waals surface area contributed by atoms with Gasteiger partial charge < -0.3 is 4.90 Å². The average molecular weight is 364 g/mol. The van der Waals surface area contributed by atoms with E-state index < -0.39 is 0 Å². The molecule has 4 rings (SSSR count). The van der Waals surface area contributed by atoms with Crippen molar-refractivity contribution in [3.63, 3.8) is 0 Å². The maximum Gasteiger partial charge on any atom is 0.268 e. The Kier molecular flexibility index (Phi) is 5.02. The van der Waals surface area contributed by atoms with E-state index in [0.717, 1.165) is 45.0 Å². The molecule has 0 spiro atoms. The Morgan fingerprint density at radius 3 is 2.37 bits per heavy atom. The molecular weight excluding hydrogens is 340 g/mol. The molecule has 3 aromatic rings. The minimum Gasteiger partial charge on any atom is -0.368 e. The smallest absolute Gasteiger partial charge is 0.268 e. The van der Waals surface area contributed by atoms with Crippen LogP contribution in [0.3, 0.4) is 0 Å². The number of aromatic nitrogens is 4. The summed E-state index contributed by atoms with van der Waals surface area (Å²) in [5, 5.41) is 8.45. The zero-order valence-corrected chi connectivity index (χ0v) is 15.5. The Morgan fingerprint density at radius 1 is 0.963 bits per heavy atom. The van der Waals surface area contributed by atoms with E-state index in [2.05, 4.69) is 44.3 Å². The van der Waals surface area contributed by atoms with Crippen LogP contribution in [0.15, 0.2) is 59.8 Å². The van der Waals surface area contributed by atoms with Crippen molar-refractivity contribution < 1.29 is 0 Å². The molecule has 27 heavy (non-hydrogen) atoms. The fourth-order valence-corrected chi connectivity index (χ4v) is 3.47. The van der Waals surface area contributed by atoms with E-state index in [1.54, 1.807) is 19.3 Å². The molecule has 3 heterocycles. The third-order valence-corrected chi connectivity index (χ3v) is 5.09. The van der Waals surface area contributed by atoms with Gasteiger partial charge in [-0.3, -0.25) is 14.4 Å². The summed E-state index contributed by atoms with van der Waals surface area (Å²) in [5.41, 5.74) is 3.50. The molecule has 1 aliphatic rings. The Morgan fingerprint density at radius 2 is 1.70 bits per heavy atom. The molecule has 0 amide bonds. The molecule has 1 aliphatic heterocycles. The van der Waals surface area contributed by atoms with E-state index in [9.17, 15) is 4.79 Å². The van der Waals surface area contributed by atoms with Gasteiger partial charge in [-0.15, -0.1) is 0 Å². The molecule has 0 radical (unpaired) electrons. The van der Waals surface area contributed by atoms with Gasteiger partial charge in [-0.2, -0.15) is 10.2 Å². The molecule has 0 atom stereocenters. The van der Waals surface area contributed by atoms with Gasteiger partial charge in [0.2, 0.25) is 0 Å². The Bertz CT molecular complexity index is 941. The molecular formula is C20H24N6O. The van der Waals surface area contributed by atoms with Crippen LogP contribution in [0, 0.1) is 0 Å². The molecule has 1 saturated heterocycles. The predicted octanol–water partition coefficient (Wildman–Crippen LogP) is 1.35. The van der Waals surface area contributed by atoms with Gasteiger partial charge >= 0.3 is 0 Å². The zero-order chi connectivity index (χ0) is 18.6. The molecule has 7 heteroatoms. The first-order valence-electron chi connectivity index (χ1n) is 9.24. The summed E-state index contributed by atoms with van der Waals surface area (Å²) in [5.74, 6) is 0. The molecule has 0 bridgehead atoms. The van der Waals surface area contributed by atoms with Crippen molar-refractivity contribution in [2.24, 2.45) is 7.05 Å². The molecule has 140 valence electrons. The van der Waals surface area contributed by atoms with Crippen LogP contribution in [0.1, 0.15) is 11.1 Å². The summed E-state index contributed by atoms with van der Waals surface area (Å²) in [6.45, 7) is 5.45. The van der Waals surface area contributed by atoms with Crippen molar-refractivity contribution in [1.82, 2.24) is 24.5 Å². The molecule has 2 aromatic heterocycles. The quantitative estimate of drug-likeness (QED) is 0.684. The van der Waals surface area contributed by atoms with E-state index >= 15 is 0 Å².